The molecule has 0 spiro atoms. The second kappa shape index (κ2) is 8.98. The Kier molecular flexibility index (Phi) is 5.99. The lowest BCUT2D eigenvalue weighted by Gasteiger charge is -2.32. The molecule has 1 saturated heterocycles. The van der Waals surface area contributed by atoms with Crippen molar-refractivity contribution in [3.8, 4) is 0 Å². The molecule has 3 amide bonds. The molecule has 1 aromatic carbocycles. The Balaban J connectivity index is 1.32. The summed E-state index contributed by atoms with van der Waals surface area (Å²) in [5.41, 5.74) is 3.88. The molecule has 1 aliphatic heterocycles. The number of likely N-dealkylation sites (tertiary alicyclic amines) is 1. The Labute approximate surface area is 206 Å². The lowest BCUT2D eigenvalue weighted by molar-refractivity contribution is 0.0710. The quantitative estimate of drug-likeness (QED) is 0.568. The number of benzene rings is 1. The van der Waals surface area contributed by atoms with Gasteiger partial charge in [-0.15, -0.1) is 0 Å². The van der Waals surface area contributed by atoms with Gasteiger partial charge in [-0.25, -0.2) is 14.5 Å². The van der Waals surface area contributed by atoms with Crippen LogP contribution in [0.3, 0.4) is 0 Å². The molecule has 2 aliphatic rings. The lowest BCUT2D eigenvalue weighted by Crippen LogP contribution is -2.47. The third kappa shape index (κ3) is 4.88. The molecule has 2 N–H and O–H groups in total. The van der Waals surface area contributed by atoms with Crippen LogP contribution in [0.15, 0.2) is 36.4 Å². The minimum absolute atomic E-state index is 0.0306. The Morgan fingerprint density at radius 3 is 2.34 bits per heavy atom. The molecule has 8 nitrogen and oxygen atoms in total. The summed E-state index contributed by atoms with van der Waals surface area (Å²) in [5, 5.41) is 11.5. The molecule has 0 unspecified atom stereocenters. The van der Waals surface area contributed by atoms with Crippen LogP contribution in [0.25, 0.3) is 11.0 Å². The van der Waals surface area contributed by atoms with Gasteiger partial charge in [0, 0.05) is 36.4 Å². The first-order chi connectivity index (χ1) is 16.7. The number of hydrogen-bond donors (Lipinski definition) is 2. The number of aryl methyl sites for hydroxylation is 1. The first-order valence-electron chi connectivity index (χ1n) is 12.5. The second-order valence-electron chi connectivity index (χ2n) is 10.8. The summed E-state index contributed by atoms with van der Waals surface area (Å²) in [6, 6.07) is 11.2. The van der Waals surface area contributed by atoms with E-state index in [0.717, 1.165) is 53.8 Å². The van der Waals surface area contributed by atoms with Crippen LogP contribution in [0.5, 0.6) is 0 Å². The van der Waals surface area contributed by atoms with E-state index in [1.165, 1.54) is 0 Å². The Morgan fingerprint density at radius 1 is 1.03 bits per heavy atom. The molecule has 0 bridgehead atoms. The smallest absolute Gasteiger partial charge is 0.319 e. The van der Waals surface area contributed by atoms with E-state index in [0.29, 0.717) is 24.6 Å². The number of carbonyl (C=O) groups excluding carboxylic acids is 2. The van der Waals surface area contributed by atoms with Crippen LogP contribution >= 0.6 is 0 Å². The molecule has 1 saturated carbocycles. The summed E-state index contributed by atoms with van der Waals surface area (Å²) < 4.78 is 1.96. The zero-order valence-electron chi connectivity index (χ0n) is 21.0. The van der Waals surface area contributed by atoms with Crippen molar-refractivity contribution in [2.75, 3.05) is 18.4 Å². The van der Waals surface area contributed by atoms with Crippen molar-refractivity contribution in [2.45, 2.75) is 70.9 Å². The molecular weight excluding hydrogens is 440 g/mol. The maximum absolute atomic E-state index is 13.8. The number of fused-ring (bicyclic) bond motifs is 1. The van der Waals surface area contributed by atoms with E-state index in [1.807, 2.05) is 52.9 Å². The summed E-state index contributed by atoms with van der Waals surface area (Å²) in [6.45, 7) is 9.49. The molecule has 3 aromatic rings. The molecule has 0 atom stereocenters. The molecule has 1 aliphatic carbocycles. The highest BCUT2D eigenvalue weighted by Crippen LogP contribution is 2.41. The van der Waals surface area contributed by atoms with E-state index in [2.05, 4.69) is 31.4 Å². The number of urea groups is 1. The zero-order valence-corrected chi connectivity index (χ0v) is 21.0. The third-order valence-electron chi connectivity index (χ3n) is 6.84. The highest BCUT2D eigenvalue weighted by molar-refractivity contribution is 6.06. The number of para-hydroxylation sites is 1. The number of rotatable bonds is 4. The molecule has 35 heavy (non-hydrogen) atoms. The fraction of sp³-hybridized carbons (Fsp3) is 0.481. The molecule has 184 valence electrons. The van der Waals surface area contributed by atoms with Gasteiger partial charge in [0.05, 0.1) is 22.2 Å². The maximum Gasteiger partial charge on any atom is 0.319 e. The Hall–Kier alpha value is -3.42. The van der Waals surface area contributed by atoms with Crippen molar-refractivity contribution in [1.82, 2.24) is 25.0 Å². The van der Waals surface area contributed by atoms with E-state index >= 15 is 0 Å². The van der Waals surface area contributed by atoms with Crippen LogP contribution in [-0.4, -0.2) is 50.7 Å². The number of aromatic nitrogens is 3. The fourth-order valence-electron chi connectivity index (χ4n) is 4.80. The second-order valence-corrected chi connectivity index (χ2v) is 10.8. The first-order valence-corrected chi connectivity index (χ1v) is 12.5. The van der Waals surface area contributed by atoms with Crippen molar-refractivity contribution in [2.24, 2.45) is 0 Å². The van der Waals surface area contributed by atoms with Crippen LogP contribution in [0, 0.1) is 6.92 Å². The molecule has 2 fully saturated rings. The van der Waals surface area contributed by atoms with Crippen molar-refractivity contribution < 1.29 is 9.59 Å². The summed E-state index contributed by atoms with van der Waals surface area (Å²) in [6.07, 6.45) is 3.68. The average Bonchev–Trinajstić information content (AvgIpc) is 3.62. The van der Waals surface area contributed by atoms with E-state index in [9.17, 15) is 9.59 Å². The lowest BCUT2D eigenvalue weighted by atomic mass is 10.0. The standard InChI is InChI=1S/C27H34N6O2/c1-17-23-21(16-22(18-10-11-18)30-24(23)33(31-17)27(2,3)4)25(34)32-14-12-20(13-15-32)29-26(35)28-19-8-6-5-7-9-19/h5-9,16,18,20H,10-15H2,1-4H3,(H2,28,29,35). The fourth-order valence-corrected chi connectivity index (χ4v) is 4.80. The topological polar surface area (TPSA) is 92.2 Å². The summed E-state index contributed by atoms with van der Waals surface area (Å²) in [4.78, 5) is 33.0. The van der Waals surface area contributed by atoms with Crippen molar-refractivity contribution in [3.63, 3.8) is 0 Å². The van der Waals surface area contributed by atoms with Crippen LogP contribution in [0.1, 0.15) is 74.1 Å². The monoisotopic (exact) mass is 474 g/mol. The minimum atomic E-state index is -0.230. The van der Waals surface area contributed by atoms with Gasteiger partial charge in [0.1, 0.15) is 0 Å². The Bertz CT molecular complexity index is 1250. The van der Waals surface area contributed by atoms with Gasteiger partial charge in [-0.05, 0) is 71.6 Å². The van der Waals surface area contributed by atoms with Gasteiger partial charge in [-0.3, -0.25) is 4.79 Å². The van der Waals surface area contributed by atoms with Gasteiger partial charge >= 0.3 is 6.03 Å². The van der Waals surface area contributed by atoms with Gasteiger partial charge in [0.15, 0.2) is 5.65 Å². The van der Waals surface area contributed by atoms with Gasteiger partial charge in [0.2, 0.25) is 0 Å². The predicted octanol–water partition coefficient (Wildman–Crippen LogP) is 4.80. The van der Waals surface area contributed by atoms with Gasteiger partial charge in [-0.1, -0.05) is 18.2 Å². The summed E-state index contributed by atoms with van der Waals surface area (Å²) >= 11 is 0. The predicted molar refractivity (Wildman–Crippen MR) is 137 cm³/mol. The highest BCUT2D eigenvalue weighted by Gasteiger charge is 2.32. The van der Waals surface area contributed by atoms with Crippen molar-refractivity contribution in [3.05, 3.63) is 53.3 Å². The number of carbonyl (C=O) groups is 2. The first kappa shape index (κ1) is 23.3. The van der Waals surface area contributed by atoms with Crippen LogP contribution in [-0.2, 0) is 5.54 Å². The molecule has 5 rings (SSSR count). The zero-order chi connectivity index (χ0) is 24.7. The van der Waals surface area contributed by atoms with Crippen molar-refractivity contribution in [1.29, 1.82) is 0 Å². The molecule has 8 heteroatoms. The molecule has 2 aromatic heterocycles. The number of pyridine rings is 1. The number of nitrogens with zero attached hydrogens (tertiary/aromatic N) is 4. The van der Waals surface area contributed by atoms with Gasteiger partial charge in [-0.2, -0.15) is 5.10 Å². The summed E-state index contributed by atoms with van der Waals surface area (Å²) in [5.74, 6) is 0.468. The third-order valence-corrected chi connectivity index (χ3v) is 6.84. The van der Waals surface area contributed by atoms with E-state index in [-0.39, 0.29) is 23.5 Å². The highest BCUT2D eigenvalue weighted by atomic mass is 16.2. The van der Waals surface area contributed by atoms with Gasteiger partial charge < -0.3 is 15.5 Å². The van der Waals surface area contributed by atoms with Crippen LogP contribution < -0.4 is 10.6 Å². The van der Waals surface area contributed by atoms with Crippen LogP contribution in [0.2, 0.25) is 0 Å². The van der Waals surface area contributed by atoms with Crippen LogP contribution in [0.4, 0.5) is 10.5 Å². The van der Waals surface area contributed by atoms with Crippen molar-refractivity contribution >= 4 is 28.7 Å². The maximum atomic E-state index is 13.8. The number of anilines is 1. The number of hydrogen-bond acceptors (Lipinski definition) is 4. The largest absolute Gasteiger partial charge is 0.338 e. The number of piperidine rings is 1. The van der Waals surface area contributed by atoms with E-state index in [1.54, 1.807) is 0 Å². The average molecular weight is 475 g/mol. The normalized spacial score (nSPS) is 17.0. The molecular formula is C27H34N6O2. The van der Waals surface area contributed by atoms with E-state index in [4.69, 9.17) is 10.1 Å². The Morgan fingerprint density at radius 2 is 1.71 bits per heavy atom. The number of nitrogens with one attached hydrogen (secondary N) is 2. The summed E-state index contributed by atoms with van der Waals surface area (Å²) in [7, 11) is 0. The van der Waals surface area contributed by atoms with Gasteiger partial charge in [0.25, 0.3) is 5.91 Å². The SMILES string of the molecule is Cc1nn(C(C)(C)C)c2nc(C3CC3)cc(C(=O)N3CCC(NC(=O)Nc4ccccc4)CC3)c12. The molecule has 3 heterocycles. The minimum Gasteiger partial charge on any atom is -0.338 e. The van der Waals surface area contributed by atoms with E-state index < -0.39 is 0 Å². The number of amides is 3. The molecule has 0 radical (unpaired) electrons.